The van der Waals surface area contributed by atoms with E-state index in [-0.39, 0.29) is 12.2 Å². The number of halogens is 1. The van der Waals surface area contributed by atoms with Crippen LogP contribution in [0, 0.1) is 11.3 Å². The number of nitriles is 1. The number of ether oxygens (including phenoxy) is 1. The summed E-state index contributed by atoms with van der Waals surface area (Å²) >= 11 is 3.10. The van der Waals surface area contributed by atoms with Gasteiger partial charge in [-0.05, 0) is 40.5 Å². The highest BCUT2D eigenvalue weighted by atomic mass is 79.9. The van der Waals surface area contributed by atoms with E-state index in [1.807, 2.05) is 6.07 Å². The fraction of sp³-hybridized carbons (Fsp3) is 0.273. The maximum Gasteiger partial charge on any atom is 0.310 e. The van der Waals surface area contributed by atoms with Crippen LogP contribution < -0.4 is 0 Å². The molecule has 5 heteroatoms. The molecule has 0 heterocycles. The molecule has 0 fully saturated rings. The van der Waals surface area contributed by atoms with Crippen molar-refractivity contribution in [3.05, 3.63) is 27.7 Å². The highest BCUT2D eigenvalue weighted by molar-refractivity contribution is 9.10. The van der Waals surface area contributed by atoms with Crippen LogP contribution in [0.1, 0.15) is 18.1 Å². The number of hydrogen-bond donors (Lipinski definition) is 1. The maximum absolute atomic E-state index is 11.3. The lowest BCUT2D eigenvalue weighted by Crippen LogP contribution is -2.08. The summed E-state index contributed by atoms with van der Waals surface area (Å²) in [4.78, 5) is 11.3. The van der Waals surface area contributed by atoms with Crippen molar-refractivity contribution in [2.75, 3.05) is 6.61 Å². The number of carbonyl (C=O) groups excluding carboxylic acids is 1. The molecule has 16 heavy (non-hydrogen) atoms. The molecule has 0 aromatic heterocycles. The predicted molar refractivity (Wildman–Crippen MR) is 60.9 cm³/mol. The van der Waals surface area contributed by atoms with Gasteiger partial charge in [-0.25, -0.2) is 0 Å². The average Bonchev–Trinajstić information content (AvgIpc) is 2.23. The minimum absolute atomic E-state index is 0.00158. The molecule has 0 aliphatic rings. The Morgan fingerprint density at radius 1 is 1.62 bits per heavy atom. The zero-order chi connectivity index (χ0) is 12.1. The predicted octanol–water partition coefficient (Wildman–Crippen LogP) is 2.13. The maximum atomic E-state index is 11.3. The van der Waals surface area contributed by atoms with Crippen molar-refractivity contribution in [3.8, 4) is 11.8 Å². The van der Waals surface area contributed by atoms with Crippen LogP contribution in [0.15, 0.2) is 16.6 Å². The average molecular weight is 284 g/mol. The molecule has 0 saturated heterocycles. The quantitative estimate of drug-likeness (QED) is 0.863. The van der Waals surface area contributed by atoms with Gasteiger partial charge in [-0.2, -0.15) is 5.26 Å². The van der Waals surface area contributed by atoms with Crippen molar-refractivity contribution >= 4 is 21.9 Å². The Balaban J connectivity index is 3.00. The number of carbonyl (C=O) groups is 1. The van der Waals surface area contributed by atoms with Crippen LogP contribution in [0.3, 0.4) is 0 Å². The van der Waals surface area contributed by atoms with Crippen LogP contribution in [-0.4, -0.2) is 17.7 Å². The molecular weight excluding hydrogens is 274 g/mol. The van der Waals surface area contributed by atoms with Gasteiger partial charge in [-0.3, -0.25) is 4.79 Å². The number of aromatic hydroxyl groups is 1. The summed E-state index contributed by atoms with van der Waals surface area (Å²) in [5.41, 5.74) is 0.805. The van der Waals surface area contributed by atoms with Gasteiger partial charge in [0.15, 0.2) is 0 Å². The van der Waals surface area contributed by atoms with E-state index in [4.69, 9.17) is 10.00 Å². The second kappa shape index (κ2) is 5.52. The van der Waals surface area contributed by atoms with Gasteiger partial charge in [0.2, 0.25) is 0 Å². The molecule has 1 N–H and O–H groups in total. The number of benzene rings is 1. The van der Waals surface area contributed by atoms with Crippen LogP contribution in [-0.2, 0) is 16.0 Å². The van der Waals surface area contributed by atoms with Gasteiger partial charge in [-0.15, -0.1) is 0 Å². The minimum Gasteiger partial charge on any atom is -0.507 e. The van der Waals surface area contributed by atoms with E-state index in [9.17, 15) is 9.90 Å². The summed E-state index contributed by atoms with van der Waals surface area (Å²) in [6, 6.07) is 4.83. The van der Waals surface area contributed by atoms with Gasteiger partial charge in [0.05, 0.1) is 29.1 Å². The largest absolute Gasteiger partial charge is 0.507 e. The number of esters is 1. The first-order valence-corrected chi connectivity index (χ1v) is 5.45. The molecule has 0 unspecified atom stereocenters. The van der Waals surface area contributed by atoms with Crippen molar-refractivity contribution in [2.24, 2.45) is 0 Å². The first-order chi connectivity index (χ1) is 7.58. The van der Waals surface area contributed by atoms with Crippen LogP contribution in [0.25, 0.3) is 0 Å². The molecule has 0 amide bonds. The Hall–Kier alpha value is -1.54. The molecule has 0 aliphatic carbocycles. The Morgan fingerprint density at radius 2 is 2.31 bits per heavy atom. The van der Waals surface area contributed by atoms with Gasteiger partial charge in [0.1, 0.15) is 5.75 Å². The van der Waals surface area contributed by atoms with E-state index in [2.05, 4.69) is 15.9 Å². The van der Waals surface area contributed by atoms with Crippen molar-refractivity contribution in [1.29, 1.82) is 5.26 Å². The summed E-state index contributed by atoms with van der Waals surface area (Å²) in [6.07, 6.45) is -0.0163. The van der Waals surface area contributed by atoms with Gasteiger partial charge in [0.25, 0.3) is 0 Å². The first kappa shape index (κ1) is 12.5. The van der Waals surface area contributed by atoms with Crippen molar-refractivity contribution < 1.29 is 14.6 Å². The zero-order valence-corrected chi connectivity index (χ0v) is 10.2. The lowest BCUT2D eigenvalue weighted by atomic mass is 10.1. The van der Waals surface area contributed by atoms with E-state index in [1.54, 1.807) is 6.92 Å². The Kier molecular flexibility index (Phi) is 4.32. The van der Waals surface area contributed by atoms with E-state index >= 15 is 0 Å². The van der Waals surface area contributed by atoms with Gasteiger partial charge in [0, 0.05) is 0 Å². The molecule has 1 rings (SSSR count). The Bertz CT molecular complexity index is 451. The molecule has 4 nitrogen and oxygen atoms in total. The fourth-order valence-electron chi connectivity index (χ4n) is 1.22. The van der Waals surface area contributed by atoms with E-state index in [0.717, 1.165) is 0 Å². The molecule has 0 saturated carbocycles. The fourth-order valence-corrected chi connectivity index (χ4v) is 1.57. The summed E-state index contributed by atoms with van der Waals surface area (Å²) in [5.74, 6) is -0.418. The molecule has 0 spiro atoms. The third-order valence-corrected chi connectivity index (χ3v) is 2.57. The number of rotatable bonds is 3. The summed E-state index contributed by atoms with van der Waals surface area (Å²) in [7, 11) is 0. The van der Waals surface area contributed by atoms with Crippen molar-refractivity contribution in [3.63, 3.8) is 0 Å². The number of phenols is 1. The second-order valence-electron chi connectivity index (χ2n) is 3.05. The SMILES string of the molecule is CCOC(=O)Cc1cc(O)c(Br)cc1C#N. The number of nitrogens with zero attached hydrogens (tertiary/aromatic N) is 1. The molecule has 1 aromatic carbocycles. The lowest BCUT2D eigenvalue weighted by Gasteiger charge is -2.06. The van der Waals surface area contributed by atoms with E-state index in [0.29, 0.717) is 22.2 Å². The molecule has 0 atom stereocenters. The third-order valence-electron chi connectivity index (χ3n) is 1.93. The van der Waals surface area contributed by atoms with Gasteiger partial charge in [-0.1, -0.05) is 0 Å². The molecule has 0 bridgehead atoms. The zero-order valence-electron chi connectivity index (χ0n) is 8.66. The molecular formula is C11H10BrNO3. The molecule has 0 aliphatic heterocycles. The highest BCUT2D eigenvalue weighted by Gasteiger charge is 2.11. The first-order valence-electron chi connectivity index (χ1n) is 4.65. The van der Waals surface area contributed by atoms with Crippen LogP contribution in [0.4, 0.5) is 0 Å². The summed E-state index contributed by atoms with van der Waals surface area (Å²) in [5, 5.41) is 18.3. The number of phenolic OH excluding ortho intramolecular Hbond substituents is 1. The van der Waals surface area contributed by atoms with Crippen LogP contribution in [0.5, 0.6) is 5.75 Å². The third kappa shape index (κ3) is 2.97. The monoisotopic (exact) mass is 283 g/mol. The molecule has 84 valence electrons. The van der Waals surface area contributed by atoms with Crippen LogP contribution in [0.2, 0.25) is 0 Å². The Morgan fingerprint density at radius 3 is 2.88 bits per heavy atom. The second-order valence-corrected chi connectivity index (χ2v) is 3.91. The minimum atomic E-state index is -0.416. The molecule has 1 aromatic rings. The van der Waals surface area contributed by atoms with Crippen molar-refractivity contribution in [1.82, 2.24) is 0 Å². The molecule has 0 radical (unpaired) electrons. The van der Waals surface area contributed by atoms with E-state index in [1.165, 1.54) is 12.1 Å². The van der Waals surface area contributed by atoms with E-state index < -0.39 is 5.97 Å². The summed E-state index contributed by atoms with van der Waals surface area (Å²) < 4.78 is 5.20. The topological polar surface area (TPSA) is 70.3 Å². The standard InChI is InChI=1S/C11H10BrNO3/c1-2-16-11(15)5-7-4-10(14)9(12)3-8(7)6-13/h3-4,14H,2,5H2,1H3. The smallest absolute Gasteiger partial charge is 0.310 e. The van der Waals surface area contributed by atoms with Crippen molar-refractivity contribution in [2.45, 2.75) is 13.3 Å². The van der Waals surface area contributed by atoms with Gasteiger partial charge < -0.3 is 9.84 Å². The Labute approximate surface area is 102 Å². The van der Waals surface area contributed by atoms with Crippen LogP contribution >= 0.6 is 15.9 Å². The van der Waals surface area contributed by atoms with Gasteiger partial charge >= 0.3 is 5.97 Å². The highest BCUT2D eigenvalue weighted by Crippen LogP contribution is 2.27. The lowest BCUT2D eigenvalue weighted by molar-refractivity contribution is -0.142. The summed E-state index contributed by atoms with van der Waals surface area (Å²) in [6.45, 7) is 2.01. The number of hydrogen-bond acceptors (Lipinski definition) is 4. The normalized spacial score (nSPS) is 9.56.